The van der Waals surface area contributed by atoms with Crippen LogP contribution in [0, 0.1) is 25.2 Å². The first-order valence-electron chi connectivity index (χ1n) is 4.86. The lowest BCUT2D eigenvalue weighted by Crippen LogP contribution is -2.18. The molecule has 1 aromatic carbocycles. The maximum Gasteiger partial charge on any atom is 0.106 e. The van der Waals surface area contributed by atoms with Crippen molar-refractivity contribution in [1.29, 1.82) is 5.26 Å². The summed E-state index contributed by atoms with van der Waals surface area (Å²) in [4.78, 5) is 0. The first kappa shape index (κ1) is 11.7. The van der Waals surface area contributed by atoms with E-state index in [1.165, 1.54) is 0 Å². The van der Waals surface area contributed by atoms with Gasteiger partial charge < -0.3 is 10.2 Å². The SMILES string of the molecule is Cc1ccc(C)c(C(O)C(O)CC#N)c1. The molecule has 0 aliphatic heterocycles. The molecule has 0 fully saturated rings. The van der Waals surface area contributed by atoms with Crippen molar-refractivity contribution < 1.29 is 10.2 Å². The van der Waals surface area contributed by atoms with Gasteiger partial charge in [0.25, 0.3) is 0 Å². The third-order valence-electron chi connectivity index (χ3n) is 2.42. The fourth-order valence-corrected chi connectivity index (χ4v) is 1.49. The quantitative estimate of drug-likeness (QED) is 0.788. The largest absolute Gasteiger partial charge is 0.389 e. The van der Waals surface area contributed by atoms with E-state index in [9.17, 15) is 10.2 Å². The molecule has 1 rings (SSSR count). The zero-order valence-corrected chi connectivity index (χ0v) is 8.94. The van der Waals surface area contributed by atoms with Crippen LogP contribution in [0.3, 0.4) is 0 Å². The van der Waals surface area contributed by atoms with Crippen molar-refractivity contribution in [2.75, 3.05) is 0 Å². The Morgan fingerprint density at radius 3 is 2.60 bits per heavy atom. The number of aryl methyl sites for hydroxylation is 2. The molecule has 2 unspecified atom stereocenters. The van der Waals surface area contributed by atoms with Crippen molar-refractivity contribution in [3.8, 4) is 6.07 Å². The molecule has 0 bridgehead atoms. The lowest BCUT2D eigenvalue weighted by atomic mass is 9.96. The lowest BCUT2D eigenvalue weighted by Gasteiger charge is -2.18. The topological polar surface area (TPSA) is 64.2 Å². The Kier molecular flexibility index (Phi) is 3.84. The van der Waals surface area contributed by atoms with Gasteiger partial charge in [-0.25, -0.2) is 0 Å². The second-order valence-corrected chi connectivity index (χ2v) is 3.73. The zero-order valence-electron chi connectivity index (χ0n) is 8.94. The molecule has 0 saturated carbocycles. The Morgan fingerprint density at radius 2 is 2.00 bits per heavy atom. The fourth-order valence-electron chi connectivity index (χ4n) is 1.49. The highest BCUT2D eigenvalue weighted by Crippen LogP contribution is 2.23. The van der Waals surface area contributed by atoms with Gasteiger partial charge in [-0.2, -0.15) is 5.26 Å². The van der Waals surface area contributed by atoms with Crippen molar-refractivity contribution in [3.63, 3.8) is 0 Å². The van der Waals surface area contributed by atoms with Gasteiger partial charge in [0.1, 0.15) is 6.10 Å². The molecule has 0 spiro atoms. The first-order valence-corrected chi connectivity index (χ1v) is 4.86. The van der Waals surface area contributed by atoms with Gasteiger partial charge in [0.2, 0.25) is 0 Å². The molecule has 1 aromatic rings. The zero-order chi connectivity index (χ0) is 11.4. The smallest absolute Gasteiger partial charge is 0.106 e. The monoisotopic (exact) mass is 205 g/mol. The highest BCUT2D eigenvalue weighted by atomic mass is 16.3. The van der Waals surface area contributed by atoms with Crippen molar-refractivity contribution in [3.05, 3.63) is 34.9 Å². The molecule has 3 nitrogen and oxygen atoms in total. The van der Waals surface area contributed by atoms with E-state index in [1.807, 2.05) is 38.1 Å². The highest BCUT2D eigenvalue weighted by molar-refractivity contribution is 5.32. The van der Waals surface area contributed by atoms with Crippen molar-refractivity contribution in [2.45, 2.75) is 32.5 Å². The van der Waals surface area contributed by atoms with E-state index < -0.39 is 12.2 Å². The Balaban J connectivity index is 2.95. The van der Waals surface area contributed by atoms with E-state index in [0.717, 1.165) is 11.1 Å². The number of benzene rings is 1. The van der Waals surface area contributed by atoms with Crippen LogP contribution in [0.5, 0.6) is 0 Å². The molecule has 2 atom stereocenters. The number of aliphatic hydroxyl groups excluding tert-OH is 2. The average Bonchev–Trinajstić information content (AvgIpc) is 2.21. The summed E-state index contributed by atoms with van der Waals surface area (Å²) in [6.45, 7) is 3.80. The standard InChI is InChI=1S/C12H15NO2/c1-8-3-4-9(2)10(7-8)12(15)11(14)5-6-13/h3-4,7,11-12,14-15H,5H2,1-2H3. The predicted octanol–water partition coefficient (Wildman–Crippen LogP) is 1.61. The minimum absolute atomic E-state index is 0.0610. The summed E-state index contributed by atoms with van der Waals surface area (Å²) in [6, 6.07) is 7.52. The highest BCUT2D eigenvalue weighted by Gasteiger charge is 2.19. The van der Waals surface area contributed by atoms with Crippen LogP contribution in [0.2, 0.25) is 0 Å². The van der Waals surface area contributed by atoms with E-state index in [0.29, 0.717) is 5.56 Å². The number of rotatable bonds is 3. The fraction of sp³-hybridized carbons (Fsp3) is 0.417. The van der Waals surface area contributed by atoms with Crippen LogP contribution < -0.4 is 0 Å². The summed E-state index contributed by atoms with van der Waals surface area (Å²) in [5, 5.41) is 27.8. The van der Waals surface area contributed by atoms with E-state index >= 15 is 0 Å². The number of nitrogens with zero attached hydrogens (tertiary/aromatic N) is 1. The van der Waals surface area contributed by atoms with Gasteiger partial charge in [0, 0.05) is 0 Å². The van der Waals surface area contributed by atoms with Gasteiger partial charge in [-0.1, -0.05) is 23.8 Å². The molecule has 0 aromatic heterocycles. The minimum atomic E-state index is -1.02. The molecule has 0 aliphatic rings. The Morgan fingerprint density at radius 1 is 1.33 bits per heavy atom. The second kappa shape index (κ2) is 4.92. The summed E-state index contributed by atoms with van der Waals surface area (Å²) in [5.41, 5.74) is 2.64. The Hall–Kier alpha value is -1.37. The van der Waals surface area contributed by atoms with Crippen LogP contribution in [0.25, 0.3) is 0 Å². The van der Waals surface area contributed by atoms with Crippen LogP contribution in [0.4, 0.5) is 0 Å². The Bertz CT molecular complexity index is 382. The van der Waals surface area contributed by atoms with Gasteiger partial charge in [-0.3, -0.25) is 0 Å². The molecule has 15 heavy (non-hydrogen) atoms. The van der Waals surface area contributed by atoms with Crippen molar-refractivity contribution in [1.82, 2.24) is 0 Å². The summed E-state index contributed by atoms with van der Waals surface area (Å²) in [5.74, 6) is 0. The molecule has 0 aliphatic carbocycles. The molecule has 0 amide bonds. The molecule has 3 heteroatoms. The number of aliphatic hydroxyl groups is 2. The van der Waals surface area contributed by atoms with Gasteiger partial charge >= 0.3 is 0 Å². The molecule has 0 saturated heterocycles. The second-order valence-electron chi connectivity index (χ2n) is 3.73. The summed E-state index contributed by atoms with van der Waals surface area (Å²) in [6.07, 6.45) is -2.06. The number of hydrogen-bond donors (Lipinski definition) is 2. The van der Waals surface area contributed by atoms with Crippen molar-refractivity contribution >= 4 is 0 Å². The minimum Gasteiger partial charge on any atom is -0.389 e. The van der Waals surface area contributed by atoms with Crippen LogP contribution in [0.1, 0.15) is 29.2 Å². The summed E-state index contributed by atoms with van der Waals surface area (Å²) in [7, 11) is 0. The molecule has 0 heterocycles. The van der Waals surface area contributed by atoms with E-state index in [1.54, 1.807) is 0 Å². The van der Waals surface area contributed by atoms with Crippen LogP contribution in [-0.2, 0) is 0 Å². The summed E-state index contributed by atoms with van der Waals surface area (Å²) < 4.78 is 0. The third kappa shape index (κ3) is 2.79. The van der Waals surface area contributed by atoms with E-state index in [-0.39, 0.29) is 6.42 Å². The maximum atomic E-state index is 9.82. The van der Waals surface area contributed by atoms with Gasteiger partial charge in [0.05, 0.1) is 18.6 Å². The molecule has 0 radical (unpaired) electrons. The van der Waals surface area contributed by atoms with Crippen LogP contribution in [0.15, 0.2) is 18.2 Å². The van der Waals surface area contributed by atoms with E-state index in [2.05, 4.69) is 0 Å². The maximum absolute atomic E-state index is 9.82. The molecular weight excluding hydrogens is 190 g/mol. The van der Waals surface area contributed by atoms with Gasteiger partial charge in [-0.15, -0.1) is 0 Å². The normalized spacial score (nSPS) is 14.3. The predicted molar refractivity (Wildman–Crippen MR) is 57.1 cm³/mol. The Labute approximate surface area is 89.6 Å². The van der Waals surface area contributed by atoms with Crippen LogP contribution >= 0.6 is 0 Å². The molecular formula is C12H15NO2. The molecule has 80 valence electrons. The lowest BCUT2D eigenvalue weighted by molar-refractivity contribution is 0.0212. The van der Waals surface area contributed by atoms with Crippen LogP contribution in [-0.4, -0.2) is 16.3 Å². The number of hydrogen-bond acceptors (Lipinski definition) is 3. The average molecular weight is 205 g/mol. The van der Waals surface area contributed by atoms with Gasteiger partial charge in [-0.05, 0) is 25.0 Å². The third-order valence-corrected chi connectivity index (χ3v) is 2.42. The number of nitriles is 1. The van der Waals surface area contributed by atoms with E-state index in [4.69, 9.17) is 5.26 Å². The first-order chi connectivity index (χ1) is 7.06. The van der Waals surface area contributed by atoms with Crippen molar-refractivity contribution in [2.24, 2.45) is 0 Å². The van der Waals surface area contributed by atoms with Gasteiger partial charge in [0.15, 0.2) is 0 Å². The molecule has 2 N–H and O–H groups in total. The summed E-state index contributed by atoms with van der Waals surface area (Å²) >= 11 is 0.